The van der Waals surface area contributed by atoms with Crippen molar-refractivity contribution >= 4 is 16.0 Å². The number of esters is 1. The number of hydrogen-bond acceptors (Lipinski definition) is 4. The number of halogens is 13. The molecular weight excluding hydrogens is 489 g/mol. The van der Waals surface area contributed by atoms with Crippen LogP contribution in [-0.2, 0) is 19.6 Å². The van der Waals surface area contributed by atoms with Crippen LogP contribution < -0.4 is 5.14 Å². The number of carbonyl (C=O) groups is 1. The van der Waals surface area contributed by atoms with Gasteiger partial charge in [-0.15, -0.1) is 0 Å². The molecule has 0 atom stereocenters. The van der Waals surface area contributed by atoms with Crippen LogP contribution in [0, 0.1) is 0 Å². The molecule has 0 rings (SSSR count). The molecule has 0 aliphatic rings. The number of sulfonamides is 1. The lowest BCUT2D eigenvalue weighted by Gasteiger charge is -2.38. The fourth-order valence-electron chi connectivity index (χ4n) is 1.20. The Morgan fingerprint density at radius 3 is 1.27 bits per heavy atom. The molecule has 0 saturated carbocycles. The Balaban J connectivity index is 0. The van der Waals surface area contributed by atoms with Gasteiger partial charge in [0.1, 0.15) is 0 Å². The van der Waals surface area contributed by atoms with Gasteiger partial charge in [0, 0.05) is 6.42 Å². The molecule has 0 unspecified atom stereocenters. The molecule has 30 heavy (non-hydrogen) atoms. The Labute approximate surface area is 159 Å². The molecule has 0 aromatic rings. The van der Waals surface area contributed by atoms with Gasteiger partial charge in [-0.05, 0) is 6.92 Å². The smallest absolute Gasteiger partial charge is 0.460 e. The number of carbonyl (C=O) groups excluding carboxylic acids is 1. The maximum Gasteiger partial charge on any atom is 0.460 e. The van der Waals surface area contributed by atoms with Crippen molar-refractivity contribution in [2.45, 2.75) is 55.4 Å². The molecule has 0 fully saturated rings. The quantitative estimate of drug-likeness (QED) is 0.423. The lowest BCUT2D eigenvalue weighted by Crippen LogP contribution is -2.71. The van der Waals surface area contributed by atoms with Gasteiger partial charge in [0.2, 0.25) is 0 Å². The van der Waals surface area contributed by atoms with Crippen molar-refractivity contribution in [1.82, 2.24) is 0 Å². The van der Waals surface area contributed by atoms with Gasteiger partial charge in [0.05, 0.1) is 6.61 Å². The van der Waals surface area contributed by atoms with Gasteiger partial charge in [-0.2, -0.15) is 57.1 Å². The van der Waals surface area contributed by atoms with Gasteiger partial charge in [-0.3, -0.25) is 4.79 Å². The first-order chi connectivity index (χ1) is 12.8. The summed E-state index contributed by atoms with van der Waals surface area (Å²) >= 11 is 0. The predicted molar refractivity (Wildman–Crippen MR) is 70.8 cm³/mol. The molecule has 0 aromatic carbocycles. The lowest BCUT2D eigenvalue weighted by atomic mass is 9.98. The molecule has 0 aliphatic carbocycles. The Morgan fingerprint density at radius 1 is 0.733 bits per heavy atom. The summed E-state index contributed by atoms with van der Waals surface area (Å²) in [5.41, 5.74) is 0. The zero-order valence-electron chi connectivity index (χ0n) is 14.4. The average molecular weight is 501 g/mol. The monoisotopic (exact) mass is 501 g/mol. The molecular formula is C11H12F13NO4S. The summed E-state index contributed by atoms with van der Waals surface area (Å²) < 4.78 is 186. The molecule has 0 aromatic heterocycles. The third-order valence-electron chi connectivity index (χ3n) is 2.86. The summed E-state index contributed by atoms with van der Waals surface area (Å²) in [6.07, 6.45) is -7.08. The molecule has 0 spiro atoms. The Kier molecular flexibility index (Phi) is 9.11. The number of alkyl halides is 13. The van der Waals surface area contributed by atoms with E-state index in [4.69, 9.17) is 0 Å². The van der Waals surface area contributed by atoms with Crippen molar-refractivity contribution < 1.29 is 75.0 Å². The van der Waals surface area contributed by atoms with Crippen LogP contribution in [0.25, 0.3) is 0 Å². The van der Waals surface area contributed by atoms with Gasteiger partial charge in [0.15, 0.2) is 0 Å². The minimum atomic E-state index is -8.17. The zero-order valence-corrected chi connectivity index (χ0v) is 15.3. The van der Waals surface area contributed by atoms with E-state index in [0.717, 1.165) is 0 Å². The van der Waals surface area contributed by atoms with Gasteiger partial charge in [-0.1, -0.05) is 6.92 Å². The highest BCUT2D eigenvalue weighted by Gasteiger charge is 2.92. The van der Waals surface area contributed by atoms with Crippen molar-refractivity contribution in [3.8, 4) is 0 Å². The lowest BCUT2D eigenvalue weighted by molar-refractivity contribution is -0.433. The fraction of sp³-hybridized carbons (Fsp3) is 0.909. The topological polar surface area (TPSA) is 86.5 Å². The molecule has 19 heteroatoms. The molecule has 0 amide bonds. The second-order valence-corrected chi connectivity index (χ2v) is 6.62. The number of primary sulfonamides is 1. The zero-order chi connectivity index (χ0) is 25.2. The van der Waals surface area contributed by atoms with Gasteiger partial charge in [-0.25, -0.2) is 13.6 Å². The maximum atomic E-state index is 12.8. The number of nitrogens with two attached hydrogens (primary N) is 1. The average Bonchev–Trinajstić information content (AvgIpc) is 2.52. The Morgan fingerprint density at radius 2 is 1.07 bits per heavy atom. The number of hydrogen-bond donors (Lipinski definition) is 1. The first kappa shape index (κ1) is 30.7. The highest BCUT2D eigenvalue weighted by atomic mass is 32.2. The second-order valence-electron chi connectivity index (χ2n) is 5.02. The standard InChI is InChI=1S/C6H2F13NO2S.C5H10O2/c7-1(8,3(11,12)5(15,16)17)2(9,10)4(13,14)6(18,19)23(20,21)22;1-3-5(6)7-4-2/h(H2,20,21,22);3-4H2,1-2H3. The molecule has 0 heterocycles. The normalized spacial score (nSPS) is 14.7. The molecule has 0 saturated heterocycles. The summed E-state index contributed by atoms with van der Waals surface area (Å²) in [5.74, 6) is -32.3. The molecule has 5 nitrogen and oxygen atoms in total. The third kappa shape index (κ3) is 5.20. The minimum absolute atomic E-state index is 0.123. The van der Waals surface area contributed by atoms with Crippen molar-refractivity contribution in [2.24, 2.45) is 5.14 Å². The van der Waals surface area contributed by atoms with Crippen LogP contribution in [0.3, 0.4) is 0 Å². The molecule has 0 radical (unpaired) electrons. The van der Waals surface area contributed by atoms with Crippen LogP contribution in [0.4, 0.5) is 57.1 Å². The van der Waals surface area contributed by atoms with Crippen LogP contribution in [0.2, 0.25) is 0 Å². The van der Waals surface area contributed by atoms with E-state index in [1.165, 1.54) is 0 Å². The minimum Gasteiger partial charge on any atom is -0.466 e. The summed E-state index contributed by atoms with van der Waals surface area (Å²) in [5, 5.41) is -3.91. The summed E-state index contributed by atoms with van der Waals surface area (Å²) in [4.78, 5) is 10.2. The van der Waals surface area contributed by atoms with Crippen LogP contribution in [-0.4, -0.2) is 56.1 Å². The van der Waals surface area contributed by atoms with Gasteiger partial charge in [0.25, 0.3) is 10.0 Å². The summed E-state index contributed by atoms with van der Waals surface area (Å²) in [7, 11) is -7.11. The highest BCUT2D eigenvalue weighted by molar-refractivity contribution is 7.90. The summed E-state index contributed by atoms with van der Waals surface area (Å²) in [6.45, 7) is 4.07. The van der Waals surface area contributed by atoms with E-state index >= 15 is 0 Å². The molecule has 182 valence electrons. The largest absolute Gasteiger partial charge is 0.466 e. The van der Waals surface area contributed by atoms with E-state index in [-0.39, 0.29) is 5.97 Å². The van der Waals surface area contributed by atoms with Crippen molar-refractivity contribution in [3.63, 3.8) is 0 Å². The maximum absolute atomic E-state index is 12.8. The Bertz CT molecular complexity index is 702. The van der Waals surface area contributed by atoms with E-state index in [0.29, 0.717) is 13.0 Å². The first-order valence-corrected chi connectivity index (χ1v) is 8.49. The van der Waals surface area contributed by atoms with Crippen molar-refractivity contribution in [1.29, 1.82) is 0 Å². The van der Waals surface area contributed by atoms with Crippen LogP contribution in [0.1, 0.15) is 20.3 Å². The number of ether oxygens (including phenoxy) is 1. The van der Waals surface area contributed by atoms with Crippen LogP contribution >= 0.6 is 0 Å². The van der Waals surface area contributed by atoms with E-state index < -0.39 is 45.1 Å². The van der Waals surface area contributed by atoms with Crippen LogP contribution in [0.5, 0.6) is 0 Å². The van der Waals surface area contributed by atoms with Crippen LogP contribution in [0.15, 0.2) is 0 Å². The second kappa shape index (κ2) is 8.91. The van der Waals surface area contributed by atoms with E-state index in [1.807, 2.05) is 0 Å². The summed E-state index contributed by atoms with van der Waals surface area (Å²) in [6, 6.07) is 0. The van der Waals surface area contributed by atoms with E-state index in [9.17, 15) is 70.3 Å². The van der Waals surface area contributed by atoms with Gasteiger partial charge < -0.3 is 4.74 Å². The third-order valence-corrected chi connectivity index (χ3v) is 3.83. The number of rotatable bonds is 7. The van der Waals surface area contributed by atoms with E-state index in [2.05, 4.69) is 9.88 Å². The van der Waals surface area contributed by atoms with Gasteiger partial charge >= 0.3 is 41.1 Å². The molecule has 0 bridgehead atoms. The van der Waals surface area contributed by atoms with Crippen molar-refractivity contribution in [3.05, 3.63) is 0 Å². The SMILES string of the molecule is CCOC(=O)CC.NS(=O)(=O)C(F)(F)C(F)(F)C(F)(F)C(F)(F)C(F)(F)C(F)(F)F. The van der Waals surface area contributed by atoms with E-state index in [1.54, 1.807) is 13.8 Å². The fourth-order valence-corrected chi connectivity index (χ4v) is 1.68. The molecule has 2 N–H and O–H groups in total. The molecule has 0 aliphatic heterocycles. The Hall–Kier alpha value is -1.53. The predicted octanol–water partition coefficient (Wildman–Crippen LogP) is 3.93. The first-order valence-electron chi connectivity index (χ1n) is 6.94. The highest BCUT2D eigenvalue weighted by Crippen LogP contribution is 2.60. The van der Waals surface area contributed by atoms with Crippen molar-refractivity contribution in [2.75, 3.05) is 6.61 Å².